The molecule has 5 heteroatoms. The summed E-state index contributed by atoms with van der Waals surface area (Å²) in [6.45, 7) is 20.5. The zero-order valence-corrected chi connectivity index (χ0v) is 19.2. The van der Waals surface area contributed by atoms with Crippen LogP contribution in [0.15, 0.2) is 0 Å². The van der Waals surface area contributed by atoms with E-state index in [0.29, 0.717) is 5.41 Å². The van der Waals surface area contributed by atoms with Gasteiger partial charge in [0.25, 0.3) is 0 Å². The van der Waals surface area contributed by atoms with Gasteiger partial charge in [0.05, 0.1) is 0 Å². The molecule has 0 saturated carbocycles. The van der Waals surface area contributed by atoms with E-state index in [1.165, 1.54) is 18.6 Å². The molecule has 0 fully saturated rings. The van der Waals surface area contributed by atoms with Crippen LogP contribution < -0.4 is 0 Å². The van der Waals surface area contributed by atoms with Gasteiger partial charge in [-0.15, -0.1) is 0 Å². The van der Waals surface area contributed by atoms with Crippen molar-refractivity contribution in [2.45, 2.75) is 85.6 Å². The molecule has 0 saturated heterocycles. The van der Waals surface area contributed by atoms with Crippen LogP contribution in [0.5, 0.6) is 0 Å². The van der Waals surface area contributed by atoms with Crippen molar-refractivity contribution in [2.24, 2.45) is 5.41 Å². The van der Waals surface area contributed by atoms with Crippen LogP contribution in [0.2, 0.25) is 32.2 Å². The fraction of sp³-hybridized carbons (Fsp3) is 1.00. The van der Waals surface area contributed by atoms with Crippen LogP contribution >= 0.6 is 11.2 Å². The van der Waals surface area contributed by atoms with Crippen LogP contribution in [0.1, 0.15) is 53.4 Å². The molecule has 2 nitrogen and oxygen atoms in total. The lowest BCUT2D eigenvalue weighted by Gasteiger charge is -2.36. The minimum atomic E-state index is -2.05. The van der Waals surface area contributed by atoms with Gasteiger partial charge in [0.15, 0.2) is 0 Å². The summed E-state index contributed by atoms with van der Waals surface area (Å²) in [5.41, 5.74) is 0.296. The Morgan fingerprint density at radius 2 is 1.32 bits per heavy atom. The average molecular weight is 365 g/mol. The zero-order chi connectivity index (χ0) is 17.3. The minimum Gasteiger partial charge on any atom is -0.394 e. The number of hydrogen-bond donors (Lipinski definition) is 0. The Morgan fingerprint density at radius 1 is 0.864 bits per heavy atom. The molecule has 0 aliphatic heterocycles. The van der Waals surface area contributed by atoms with Crippen molar-refractivity contribution in [3.63, 3.8) is 0 Å². The molecule has 0 rings (SSSR count). The van der Waals surface area contributed by atoms with Crippen LogP contribution in [0.3, 0.4) is 0 Å². The first kappa shape index (κ1) is 22.7. The van der Waals surface area contributed by atoms with Gasteiger partial charge in [0.2, 0.25) is 0 Å². The molecule has 0 radical (unpaired) electrons. The summed E-state index contributed by atoms with van der Waals surface area (Å²) in [5, 5.41) is 0. The first-order valence-corrected chi connectivity index (χ1v) is 16.7. The minimum absolute atomic E-state index is 0.296. The molecule has 134 valence electrons. The Bertz CT molecular complexity index is 281. The summed E-state index contributed by atoms with van der Waals surface area (Å²) in [6, 6.07) is 1.10. The van der Waals surface area contributed by atoms with Crippen molar-refractivity contribution < 1.29 is 8.85 Å². The highest BCUT2D eigenvalue weighted by Crippen LogP contribution is 2.36. The summed E-state index contributed by atoms with van der Waals surface area (Å²) in [6.07, 6.45) is 4.66. The smallest absolute Gasteiger partial charge is 0.335 e. The largest absolute Gasteiger partial charge is 0.394 e. The highest BCUT2D eigenvalue weighted by molar-refractivity contribution is 8.28. The van der Waals surface area contributed by atoms with Crippen LogP contribution in [0, 0.1) is 5.41 Å². The van der Waals surface area contributed by atoms with Crippen molar-refractivity contribution >= 4 is 27.0 Å². The molecular weight excluding hydrogens is 324 g/mol. The fourth-order valence-electron chi connectivity index (χ4n) is 2.34. The third-order valence-corrected chi connectivity index (χ3v) is 11.6. The number of rotatable bonds is 13. The van der Waals surface area contributed by atoms with E-state index in [1.54, 1.807) is 0 Å². The topological polar surface area (TPSA) is 18.5 Å². The molecular formula is C17H40O2SSi2. The molecule has 0 unspecified atom stereocenters. The Hall–Kier alpha value is 0.704. The lowest BCUT2D eigenvalue weighted by atomic mass is 10.00. The summed E-state index contributed by atoms with van der Waals surface area (Å²) in [4.78, 5) is 0. The van der Waals surface area contributed by atoms with Gasteiger partial charge in [0, 0.05) is 13.2 Å². The second kappa shape index (κ2) is 10.5. The van der Waals surface area contributed by atoms with Crippen LogP contribution in [-0.4, -0.2) is 34.8 Å². The maximum absolute atomic E-state index is 6.30. The fourth-order valence-corrected chi connectivity index (χ4v) is 9.22. The Morgan fingerprint density at radius 3 is 1.68 bits per heavy atom. The van der Waals surface area contributed by atoms with E-state index < -0.39 is 15.8 Å². The highest BCUT2D eigenvalue weighted by Gasteiger charge is 2.38. The van der Waals surface area contributed by atoms with Gasteiger partial charge in [-0.2, -0.15) is 11.2 Å². The molecule has 0 spiro atoms. The van der Waals surface area contributed by atoms with Gasteiger partial charge in [0.1, 0.15) is 7.22 Å². The van der Waals surface area contributed by atoms with Crippen molar-refractivity contribution in [3.8, 4) is 0 Å². The first-order valence-electron chi connectivity index (χ1n) is 8.95. The van der Waals surface area contributed by atoms with Crippen LogP contribution in [0.25, 0.3) is 0 Å². The second-order valence-corrected chi connectivity index (χ2v) is 20.8. The van der Waals surface area contributed by atoms with Crippen molar-refractivity contribution in [2.75, 3.05) is 19.0 Å². The molecule has 0 aromatic heterocycles. The van der Waals surface area contributed by atoms with E-state index in [9.17, 15) is 0 Å². The molecule has 0 atom stereocenters. The highest BCUT2D eigenvalue weighted by atomic mass is 32.4. The molecule has 0 bridgehead atoms. The Balaban J connectivity index is 4.62. The Labute approximate surface area is 146 Å². The van der Waals surface area contributed by atoms with Crippen molar-refractivity contribution in [3.05, 3.63) is 0 Å². The molecule has 0 amide bonds. The normalized spacial score (nSPS) is 13.6. The summed E-state index contributed by atoms with van der Waals surface area (Å²) >= 11 is 2.19. The summed E-state index contributed by atoms with van der Waals surface area (Å²) < 4.78 is 12.6. The number of hydrogen-bond acceptors (Lipinski definition) is 3. The third-order valence-electron chi connectivity index (χ3n) is 3.51. The molecule has 0 N–H and O–H groups in total. The van der Waals surface area contributed by atoms with Gasteiger partial charge >= 0.3 is 8.56 Å². The average Bonchev–Trinajstić information content (AvgIpc) is 2.36. The van der Waals surface area contributed by atoms with E-state index in [4.69, 9.17) is 8.85 Å². The van der Waals surface area contributed by atoms with Gasteiger partial charge < -0.3 is 8.85 Å². The van der Waals surface area contributed by atoms with Gasteiger partial charge in [-0.3, -0.25) is 0 Å². The SMILES string of the molecule is CCCCO[Si](C)(CC(C)(C)CS[Si](C)(C)C)OCCCC. The lowest BCUT2D eigenvalue weighted by Crippen LogP contribution is -2.44. The maximum atomic E-state index is 6.30. The van der Waals surface area contributed by atoms with Crippen molar-refractivity contribution in [1.82, 2.24) is 0 Å². The standard InChI is InChI=1S/C17H40O2SSi2/c1-9-11-13-18-22(8,19-14-12-10-2)16-17(3,4)15-20-21(5,6)7/h9-16H2,1-8H3. The van der Waals surface area contributed by atoms with E-state index >= 15 is 0 Å². The Kier molecular flexibility index (Phi) is 10.9. The first-order chi connectivity index (χ1) is 10.0. The number of unbranched alkanes of at least 4 members (excludes halogenated alkanes) is 2. The monoisotopic (exact) mass is 364 g/mol. The quantitative estimate of drug-likeness (QED) is 0.283. The van der Waals surface area contributed by atoms with E-state index in [2.05, 4.69) is 65.1 Å². The molecule has 0 aliphatic rings. The maximum Gasteiger partial charge on any atom is 0.335 e. The van der Waals surface area contributed by atoms with E-state index in [-0.39, 0.29) is 0 Å². The van der Waals surface area contributed by atoms with Crippen molar-refractivity contribution in [1.29, 1.82) is 0 Å². The zero-order valence-electron chi connectivity index (χ0n) is 16.4. The van der Waals surface area contributed by atoms with Gasteiger partial charge in [-0.1, -0.05) is 60.2 Å². The third kappa shape index (κ3) is 12.2. The van der Waals surface area contributed by atoms with Crippen LogP contribution in [0.4, 0.5) is 0 Å². The van der Waals surface area contributed by atoms with E-state index in [1.807, 2.05) is 0 Å². The molecule has 0 aromatic carbocycles. The predicted molar refractivity (Wildman–Crippen MR) is 108 cm³/mol. The molecule has 22 heavy (non-hydrogen) atoms. The summed E-state index contributed by atoms with van der Waals surface area (Å²) in [5.74, 6) is 1.22. The predicted octanol–water partition coefficient (Wildman–Crippen LogP) is 6.29. The molecule has 0 aromatic rings. The second-order valence-electron chi connectivity index (χ2n) is 8.28. The van der Waals surface area contributed by atoms with Gasteiger partial charge in [-0.05, 0) is 36.6 Å². The molecule has 0 aliphatic carbocycles. The molecule has 0 heterocycles. The lowest BCUT2D eigenvalue weighted by molar-refractivity contribution is 0.159. The van der Waals surface area contributed by atoms with E-state index in [0.717, 1.165) is 32.1 Å². The summed E-state index contributed by atoms with van der Waals surface area (Å²) in [7, 11) is -3.11. The van der Waals surface area contributed by atoms with Gasteiger partial charge in [-0.25, -0.2) is 0 Å². The van der Waals surface area contributed by atoms with Crippen LogP contribution in [-0.2, 0) is 8.85 Å².